The number of amides is 1. The van der Waals surface area contributed by atoms with E-state index in [2.05, 4.69) is 61.3 Å². The highest BCUT2D eigenvalue weighted by Crippen LogP contribution is 2.43. The largest absolute Gasteiger partial charge is 0.493 e. The van der Waals surface area contributed by atoms with Crippen LogP contribution in [-0.2, 0) is 16.6 Å². The van der Waals surface area contributed by atoms with Gasteiger partial charge >= 0.3 is 5.63 Å². The normalized spacial score (nSPS) is 14.4. The number of hydrogen-bond acceptors (Lipinski definition) is 5. The molecule has 0 saturated carbocycles. The molecule has 2 aromatic carbocycles. The third-order valence-corrected chi connectivity index (χ3v) is 6.91. The van der Waals surface area contributed by atoms with Gasteiger partial charge in [-0.1, -0.05) is 56.5 Å². The lowest BCUT2D eigenvalue weighted by Crippen LogP contribution is -2.38. The van der Waals surface area contributed by atoms with E-state index in [-0.39, 0.29) is 11.3 Å². The van der Waals surface area contributed by atoms with Gasteiger partial charge in [-0.2, -0.15) is 0 Å². The molecule has 6 nitrogen and oxygen atoms in total. The second-order valence-electron chi connectivity index (χ2n) is 10.5. The standard InChI is InChI=1S/C30H34N2O4/c1-6-7-8-9-16-30(5,19-29(3,4)25-12-10-11-21-15-17-35-26(21)25)28(34)31-22-13-14-23-24(18-22)20(2)32-36-27(23)33/h10-14,18H,6-8,15,17,19H2,1-5H3,(H,31,34). The number of aryl methyl sites for hydroxylation is 1. The minimum absolute atomic E-state index is 0.180. The first-order valence-corrected chi connectivity index (χ1v) is 12.6. The van der Waals surface area contributed by atoms with E-state index in [0.717, 1.165) is 37.0 Å². The zero-order valence-corrected chi connectivity index (χ0v) is 21.8. The van der Waals surface area contributed by atoms with Crippen LogP contribution in [0.5, 0.6) is 5.75 Å². The summed E-state index contributed by atoms with van der Waals surface area (Å²) in [7, 11) is 0. The minimum atomic E-state index is -0.948. The molecule has 188 valence electrons. The number of nitrogens with one attached hydrogen (secondary N) is 1. The number of unbranched alkanes of at least 4 members (excludes halogenated alkanes) is 2. The van der Waals surface area contributed by atoms with E-state index in [9.17, 15) is 9.59 Å². The number of carbonyl (C=O) groups excluding carboxylic acids is 1. The third kappa shape index (κ3) is 5.16. The predicted octanol–water partition coefficient (Wildman–Crippen LogP) is 5.94. The summed E-state index contributed by atoms with van der Waals surface area (Å²) in [5.41, 5.74) is 1.68. The highest BCUT2D eigenvalue weighted by atomic mass is 16.5. The van der Waals surface area contributed by atoms with Crippen molar-refractivity contribution in [3.63, 3.8) is 0 Å². The van der Waals surface area contributed by atoms with Crippen LogP contribution in [0.2, 0.25) is 0 Å². The number of ether oxygens (including phenoxy) is 1. The van der Waals surface area contributed by atoms with Crippen LogP contribution in [0.25, 0.3) is 10.8 Å². The Labute approximate surface area is 212 Å². The Balaban J connectivity index is 1.67. The molecule has 4 rings (SSSR count). The molecule has 1 amide bonds. The zero-order chi connectivity index (χ0) is 25.9. The second kappa shape index (κ2) is 10.2. The van der Waals surface area contributed by atoms with E-state index >= 15 is 0 Å². The lowest BCUT2D eigenvalue weighted by atomic mass is 9.69. The maximum Gasteiger partial charge on any atom is 0.366 e. The molecule has 0 spiro atoms. The summed E-state index contributed by atoms with van der Waals surface area (Å²) < 4.78 is 10.8. The molecule has 0 fully saturated rings. The average Bonchev–Trinajstić information content (AvgIpc) is 3.33. The van der Waals surface area contributed by atoms with Crippen LogP contribution >= 0.6 is 0 Å². The quantitative estimate of drug-likeness (QED) is 0.330. The highest BCUT2D eigenvalue weighted by Gasteiger charge is 2.40. The van der Waals surface area contributed by atoms with Crippen LogP contribution in [-0.4, -0.2) is 17.7 Å². The van der Waals surface area contributed by atoms with Gasteiger partial charge < -0.3 is 14.6 Å². The predicted molar refractivity (Wildman–Crippen MR) is 142 cm³/mol. The van der Waals surface area contributed by atoms with Gasteiger partial charge in [-0.25, -0.2) is 4.79 Å². The van der Waals surface area contributed by atoms with E-state index < -0.39 is 11.0 Å². The number of para-hydroxylation sites is 1. The topological polar surface area (TPSA) is 81.4 Å². The Bertz CT molecular complexity index is 1410. The fourth-order valence-electron chi connectivity index (χ4n) is 5.01. The van der Waals surface area contributed by atoms with Crippen LogP contribution in [0.4, 0.5) is 5.69 Å². The SMILES string of the molecule is CCCCC#CC(C)(CC(C)(C)c1cccc2c1OCC2)C(=O)Nc1ccc2c(=O)onc(C)c2c1. The van der Waals surface area contributed by atoms with Crippen molar-refractivity contribution < 1.29 is 14.1 Å². The van der Waals surface area contributed by atoms with Crippen molar-refractivity contribution in [1.29, 1.82) is 0 Å². The molecule has 6 heteroatoms. The Morgan fingerprint density at radius 2 is 1.97 bits per heavy atom. The smallest absolute Gasteiger partial charge is 0.366 e. The van der Waals surface area contributed by atoms with E-state index in [1.807, 2.05) is 6.92 Å². The van der Waals surface area contributed by atoms with E-state index in [1.165, 1.54) is 5.56 Å². The summed E-state index contributed by atoms with van der Waals surface area (Å²) in [5.74, 6) is 7.35. The number of fused-ring (bicyclic) bond motifs is 2. The Morgan fingerprint density at radius 3 is 2.75 bits per heavy atom. The van der Waals surface area contributed by atoms with Crippen molar-refractivity contribution >= 4 is 22.4 Å². The molecule has 1 aliphatic rings. The monoisotopic (exact) mass is 486 g/mol. The molecule has 1 aromatic heterocycles. The van der Waals surface area contributed by atoms with E-state index in [1.54, 1.807) is 25.1 Å². The summed E-state index contributed by atoms with van der Waals surface area (Å²) in [5, 5.41) is 7.95. The lowest BCUT2D eigenvalue weighted by molar-refractivity contribution is -0.123. The highest BCUT2D eigenvalue weighted by molar-refractivity contribution is 5.99. The van der Waals surface area contributed by atoms with Gasteiger partial charge in [-0.3, -0.25) is 4.79 Å². The summed E-state index contributed by atoms with van der Waals surface area (Å²) in [6.07, 6.45) is 4.22. The zero-order valence-electron chi connectivity index (χ0n) is 21.8. The third-order valence-electron chi connectivity index (χ3n) is 6.91. The molecule has 36 heavy (non-hydrogen) atoms. The maximum absolute atomic E-state index is 13.8. The maximum atomic E-state index is 13.8. The van der Waals surface area contributed by atoms with Crippen LogP contribution < -0.4 is 15.7 Å². The lowest BCUT2D eigenvalue weighted by Gasteiger charge is -2.34. The molecule has 0 radical (unpaired) electrons. The second-order valence-corrected chi connectivity index (χ2v) is 10.5. The van der Waals surface area contributed by atoms with Crippen LogP contribution in [0.1, 0.15) is 70.2 Å². The molecular weight excluding hydrogens is 452 g/mol. The van der Waals surface area contributed by atoms with Gasteiger partial charge in [0.05, 0.1) is 17.7 Å². The van der Waals surface area contributed by atoms with Gasteiger partial charge in [-0.05, 0) is 55.9 Å². The fourth-order valence-corrected chi connectivity index (χ4v) is 5.01. The molecule has 2 heterocycles. The summed E-state index contributed by atoms with van der Waals surface area (Å²) in [4.78, 5) is 25.8. The summed E-state index contributed by atoms with van der Waals surface area (Å²) in [6.45, 7) is 10.8. The van der Waals surface area contributed by atoms with Crippen molar-refractivity contribution in [1.82, 2.24) is 5.16 Å². The number of hydrogen-bond donors (Lipinski definition) is 1. The van der Waals surface area contributed by atoms with Crippen LogP contribution in [0.3, 0.4) is 0 Å². The van der Waals surface area contributed by atoms with Crippen molar-refractivity contribution in [2.75, 3.05) is 11.9 Å². The Morgan fingerprint density at radius 1 is 1.17 bits per heavy atom. The molecular formula is C30H34N2O4. The van der Waals surface area contributed by atoms with Crippen molar-refractivity contribution in [2.45, 2.75) is 72.1 Å². The van der Waals surface area contributed by atoms with Gasteiger partial charge in [0.2, 0.25) is 5.91 Å². The number of nitrogens with zero attached hydrogens (tertiary/aromatic N) is 1. The van der Waals surface area contributed by atoms with Crippen molar-refractivity contribution in [3.05, 3.63) is 63.6 Å². The minimum Gasteiger partial charge on any atom is -0.493 e. The first-order valence-electron chi connectivity index (χ1n) is 12.6. The molecule has 3 aromatic rings. The number of rotatable bonds is 7. The number of aromatic nitrogens is 1. The van der Waals surface area contributed by atoms with Crippen LogP contribution in [0, 0.1) is 24.2 Å². The van der Waals surface area contributed by atoms with Gasteiger partial charge in [-0.15, -0.1) is 5.92 Å². The molecule has 1 N–H and O–H groups in total. The number of anilines is 1. The first-order chi connectivity index (χ1) is 17.1. The van der Waals surface area contributed by atoms with E-state index in [4.69, 9.17) is 9.26 Å². The van der Waals surface area contributed by atoms with Crippen molar-refractivity contribution in [3.8, 4) is 17.6 Å². The summed E-state index contributed by atoms with van der Waals surface area (Å²) >= 11 is 0. The Hall–Kier alpha value is -3.59. The van der Waals surface area contributed by atoms with Gasteiger partial charge in [0.1, 0.15) is 11.2 Å². The molecule has 1 aliphatic heterocycles. The average molecular weight is 487 g/mol. The van der Waals surface area contributed by atoms with Crippen LogP contribution in [0.15, 0.2) is 45.7 Å². The van der Waals surface area contributed by atoms with Gasteiger partial charge in [0, 0.05) is 29.5 Å². The Kier molecular flexibility index (Phi) is 7.21. The number of benzene rings is 2. The molecule has 0 saturated heterocycles. The van der Waals surface area contributed by atoms with E-state index in [0.29, 0.717) is 35.2 Å². The molecule has 0 bridgehead atoms. The summed E-state index contributed by atoms with van der Waals surface area (Å²) in [6, 6.07) is 11.4. The molecule has 0 aliphatic carbocycles. The first kappa shape index (κ1) is 25.5. The fraction of sp³-hybridized carbons (Fsp3) is 0.433. The number of carbonyl (C=O) groups is 1. The van der Waals surface area contributed by atoms with Gasteiger partial charge in [0.25, 0.3) is 0 Å². The van der Waals surface area contributed by atoms with Crippen molar-refractivity contribution in [2.24, 2.45) is 5.41 Å². The molecule has 1 atom stereocenters. The molecule has 1 unspecified atom stereocenters. The van der Waals surface area contributed by atoms with Gasteiger partial charge in [0.15, 0.2) is 0 Å².